The van der Waals surface area contributed by atoms with E-state index in [1.54, 1.807) is 0 Å². The summed E-state index contributed by atoms with van der Waals surface area (Å²) in [5.41, 5.74) is -0.609. The van der Waals surface area contributed by atoms with Crippen molar-refractivity contribution in [1.82, 2.24) is 9.55 Å². The Morgan fingerprint density at radius 2 is 2.21 bits per heavy atom. The zero-order valence-corrected chi connectivity index (χ0v) is 10.6. The van der Waals surface area contributed by atoms with Crippen LogP contribution in [0.2, 0.25) is 0 Å². The molecule has 0 aliphatic carbocycles. The predicted octanol–water partition coefficient (Wildman–Crippen LogP) is 1.50. The van der Waals surface area contributed by atoms with Crippen LogP contribution in [0.5, 0.6) is 0 Å². The fourth-order valence-electron chi connectivity index (χ4n) is 1.75. The minimum Gasteiger partial charge on any atom is -0.478 e. The third-order valence-corrected chi connectivity index (χ3v) is 2.94. The summed E-state index contributed by atoms with van der Waals surface area (Å²) in [6.07, 6.45) is -5.75. The number of halogens is 4. The molecular weight excluding hydrogens is 335 g/mol. The first-order valence-corrected chi connectivity index (χ1v) is 5.70. The molecule has 6 nitrogen and oxygen atoms in total. The van der Waals surface area contributed by atoms with Crippen LogP contribution in [0, 0.1) is 0 Å². The molecule has 19 heavy (non-hydrogen) atoms. The van der Waals surface area contributed by atoms with E-state index in [1.165, 1.54) is 0 Å². The number of carbonyl (C=O) groups is 1. The van der Waals surface area contributed by atoms with Crippen LogP contribution in [0.1, 0.15) is 6.04 Å². The van der Waals surface area contributed by atoms with Gasteiger partial charge in [-0.15, -0.1) is 0 Å². The number of carboxylic acids is 1. The number of aliphatic hydroxyl groups excluding tert-OH is 1. The molecule has 0 fully saturated rings. The van der Waals surface area contributed by atoms with E-state index in [0.29, 0.717) is 0 Å². The van der Waals surface area contributed by atoms with Crippen molar-refractivity contribution in [3.05, 3.63) is 22.6 Å². The molecular formula is C9H7BrF3N3O3. The van der Waals surface area contributed by atoms with Crippen LogP contribution >= 0.6 is 15.9 Å². The Kier molecular flexibility index (Phi) is 3.31. The maximum absolute atomic E-state index is 12.6. The number of aliphatic hydroxyl groups is 1. The molecule has 1 aromatic heterocycles. The first-order valence-electron chi connectivity index (χ1n) is 4.91. The summed E-state index contributed by atoms with van der Waals surface area (Å²) in [5.74, 6) is -1.55. The Morgan fingerprint density at radius 1 is 1.58 bits per heavy atom. The van der Waals surface area contributed by atoms with E-state index in [0.717, 1.165) is 17.0 Å². The lowest BCUT2D eigenvalue weighted by atomic mass is 10.0. The summed E-state index contributed by atoms with van der Waals surface area (Å²) in [4.78, 5) is 14.8. The van der Waals surface area contributed by atoms with E-state index < -0.39 is 29.9 Å². The van der Waals surface area contributed by atoms with Gasteiger partial charge in [-0.2, -0.15) is 13.2 Å². The van der Waals surface area contributed by atoms with E-state index in [2.05, 4.69) is 26.2 Å². The largest absolute Gasteiger partial charge is 0.478 e. The summed E-state index contributed by atoms with van der Waals surface area (Å²) in [6, 6.07) is -1.80. The molecule has 0 aromatic carbocycles. The normalized spacial score (nSPS) is 20.3. The van der Waals surface area contributed by atoms with Crippen LogP contribution in [0.25, 0.3) is 0 Å². The van der Waals surface area contributed by atoms with Crippen molar-refractivity contribution in [2.45, 2.75) is 18.3 Å². The van der Waals surface area contributed by atoms with Gasteiger partial charge in [0.2, 0.25) is 5.95 Å². The van der Waals surface area contributed by atoms with Gasteiger partial charge in [-0.05, 0) is 15.9 Å². The van der Waals surface area contributed by atoms with Crippen molar-refractivity contribution >= 4 is 27.8 Å². The predicted molar refractivity (Wildman–Crippen MR) is 60.4 cm³/mol. The third kappa shape index (κ3) is 2.45. The molecule has 0 spiro atoms. The van der Waals surface area contributed by atoms with Gasteiger partial charge in [0.25, 0.3) is 0 Å². The molecule has 0 bridgehead atoms. The fourth-order valence-corrected chi connectivity index (χ4v) is 2.14. The number of hydrogen-bond donors (Lipinski definition) is 3. The smallest absolute Gasteiger partial charge is 0.416 e. The minimum atomic E-state index is -4.95. The van der Waals surface area contributed by atoms with Gasteiger partial charge in [0.05, 0.1) is 5.57 Å². The van der Waals surface area contributed by atoms with E-state index >= 15 is 0 Å². The number of carboxylic acid groups (broad SMARTS) is 1. The Morgan fingerprint density at radius 3 is 2.74 bits per heavy atom. The molecule has 2 heterocycles. The summed E-state index contributed by atoms with van der Waals surface area (Å²) in [7, 11) is 0. The van der Waals surface area contributed by atoms with Crippen molar-refractivity contribution < 1.29 is 28.2 Å². The van der Waals surface area contributed by atoms with Crippen LogP contribution in [0.15, 0.2) is 22.6 Å². The lowest BCUT2D eigenvalue weighted by Crippen LogP contribution is -2.41. The quantitative estimate of drug-likeness (QED) is 0.758. The van der Waals surface area contributed by atoms with Crippen LogP contribution in [0.4, 0.5) is 19.1 Å². The van der Waals surface area contributed by atoms with Crippen molar-refractivity contribution in [1.29, 1.82) is 0 Å². The van der Waals surface area contributed by atoms with Gasteiger partial charge < -0.3 is 20.1 Å². The zero-order chi connectivity index (χ0) is 14.4. The zero-order valence-electron chi connectivity index (χ0n) is 9.02. The Labute approximate surface area is 112 Å². The maximum Gasteiger partial charge on any atom is 0.416 e. The third-order valence-electron chi connectivity index (χ3n) is 2.56. The lowest BCUT2D eigenvalue weighted by Gasteiger charge is -2.30. The molecule has 3 N–H and O–H groups in total. The maximum atomic E-state index is 12.6. The molecule has 1 aliphatic heterocycles. The highest BCUT2D eigenvalue weighted by Gasteiger charge is 2.48. The molecule has 2 rings (SSSR count). The van der Waals surface area contributed by atoms with Crippen LogP contribution in [0.3, 0.4) is 0 Å². The first kappa shape index (κ1) is 13.9. The van der Waals surface area contributed by atoms with Crippen LogP contribution < -0.4 is 5.32 Å². The molecule has 104 valence electrons. The number of hydrogen-bond acceptors (Lipinski definition) is 4. The van der Waals surface area contributed by atoms with Gasteiger partial charge >= 0.3 is 12.1 Å². The highest BCUT2D eigenvalue weighted by Crippen LogP contribution is 2.37. The van der Waals surface area contributed by atoms with E-state index in [9.17, 15) is 23.1 Å². The highest BCUT2D eigenvalue weighted by molar-refractivity contribution is 9.10. The van der Waals surface area contributed by atoms with Crippen LogP contribution in [-0.2, 0) is 4.79 Å². The van der Waals surface area contributed by atoms with E-state index in [-0.39, 0.29) is 10.6 Å². The van der Waals surface area contributed by atoms with E-state index in [1.807, 2.05) is 0 Å². The van der Waals surface area contributed by atoms with Crippen molar-refractivity contribution in [3.63, 3.8) is 0 Å². The molecule has 1 aromatic rings. The number of nitrogens with one attached hydrogen (secondary N) is 1. The van der Waals surface area contributed by atoms with Gasteiger partial charge in [0, 0.05) is 12.4 Å². The average Bonchev–Trinajstić information content (AvgIpc) is 2.65. The number of imidazole rings is 1. The van der Waals surface area contributed by atoms with Gasteiger partial charge in [-0.1, -0.05) is 0 Å². The number of anilines is 1. The van der Waals surface area contributed by atoms with Gasteiger partial charge in [0.15, 0.2) is 6.10 Å². The second kappa shape index (κ2) is 4.53. The fraction of sp³-hybridized carbons (Fsp3) is 0.333. The molecule has 1 aliphatic rings. The Bertz CT molecular complexity index is 555. The van der Waals surface area contributed by atoms with Crippen molar-refractivity contribution in [2.75, 3.05) is 5.32 Å². The average molecular weight is 342 g/mol. The van der Waals surface area contributed by atoms with E-state index in [4.69, 9.17) is 5.11 Å². The highest BCUT2D eigenvalue weighted by atomic mass is 79.9. The second-order valence-corrected chi connectivity index (χ2v) is 4.59. The minimum absolute atomic E-state index is 0.00479. The second-order valence-electron chi connectivity index (χ2n) is 3.77. The monoisotopic (exact) mass is 341 g/mol. The van der Waals surface area contributed by atoms with Crippen molar-refractivity contribution in [3.8, 4) is 0 Å². The number of fused-ring (bicyclic) bond motifs is 1. The summed E-state index contributed by atoms with van der Waals surface area (Å²) in [6.45, 7) is 0. The van der Waals surface area contributed by atoms with Gasteiger partial charge in [-0.25, -0.2) is 9.78 Å². The van der Waals surface area contributed by atoms with Crippen molar-refractivity contribution in [2.24, 2.45) is 0 Å². The molecule has 0 saturated carbocycles. The Balaban J connectivity index is 2.51. The number of rotatable bonds is 2. The topological polar surface area (TPSA) is 87.4 Å². The summed E-state index contributed by atoms with van der Waals surface area (Å²) in [5, 5.41) is 20.7. The van der Waals surface area contributed by atoms with Gasteiger partial charge in [-0.3, -0.25) is 0 Å². The molecule has 0 amide bonds. The lowest BCUT2D eigenvalue weighted by molar-refractivity contribution is -0.213. The number of alkyl halides is 3. The molecule has 0 saturated heterocycles. The molecule has 2 unspecified atom stereocenters. The van der Waals surface area contributed by atoms with Crippen LogP contribution in [-0.4, -0.2) is 38.0 Å². The molecule has 10 heteroatoms. The standard InChI is InChI=1S/C9H7BrF3N3O3/c10-4-2-16-5(6(17)9(11,12)13)3(7(18)19)1-14-8(16)15-4/h1-2,5-6,17H,(H,14,15)(H,18,19). The molecule has 0 radical (unpaired) electrons. The SMILES string of the molecule is O=C(O)C1=CNc2nc(Br)cn2C1C(O)C(F)(F)F. The number of aliphatic carboxylic acids is 1. The molecule has 2 atom stereocenters. The summed E-state index contributed by atoms with van der Waals surface area (Å²) >= 11 is 2.97. The number of aromatic nitrogens is 2. The first-order chi connectivity index (χ1) is 8.71. The number of nitrogens with zero attached hydrogens (tertiary/aromatic N) is 2. The van der Waals surface area contributed by atoms with Gasteiger partial charge in [0.1, 0.15) is 10.6 Å². The summed E-state index contributed by atoms with van der Waals surface area (Å²) < 4.78 is 39.0. The Hall–Kier alpha value is -1.55.